The maximum Gasteiger partial charge on any atom is 0.336 e. The standard InChI is InChI=1S/C15H10BrNO4/c16-13-7-4-8-14(17(20)21)12(13)9-11(15(18)19)10-5-2-1-3-6-10/h1-9H,(H,18,19)/b11-9-. The first kappa shape index (κ1) is 14.9. The Bertz CT molecular complexity index is 726. The van der Waals surface area contributed by atoms with Gasteiger partial charge in [-0.25, -0.2) is 4.79 Å². The highest BCUT2D eigenvalue weighted by molar-refractivity contribution is 9.10. The van der Waals surface area contributed by atoms with E-state index in [1.807, 2.05) is 0 Å². The maximum atomic E-state index is 11.4. The monoisotopic (exact) mass is 347 g/mol. The predicted molar refractivity (Wildman–Crippen MR) is 82.7 cm³/mol. The van der Waals surface area contributed by atoms with E-state index < -0.39 is 10.9 Å². The van der Waals surface area contributed by atoms with Gasteiger partial charge in [0.2, 0.25) is 0 Å². The van der Waals surface area contributed by atoms with Crippen LogP contribution in [0.3, 0.4) is 0 Å². The quantitative estimate of drug-likeness (QED) is 0.392. The molecule has 21 heavy (non-hydrogen) atoms. The van der Waals surface area contributed by atoms with Crippen molar-refractivity contribution in [1.29, 1.82) is 0 Å². The lowest BCUT2D eigenvalue weighted by atomic mass is 10.0. The van der Waals surface area contributed by atoms with E-state index in [0.29, 0.717) is 10.0 Å². The molecule has 0 unspecified atom stereocenters. The molecular weight excluding hydrogens is 338 g/mol. The number of rotatable bonds is 4. The van der Waals surface area contributed by atoms with Crippen LogP contribution in [0.2, 0.25) is 0 Å². The number of halogens is 1. The normalized spacial score (nSPS) is 11.2. The molecule has 1 N–H and O–H groups in total. The lowest BCUT2D eigenvalue weighted by Gasteiger charge is -2.05. The molecule has 0 spiro atoms. The number of hydrogen-bond acceptors (Lipinski definition) is 3. The van der Waals surface area contributed by atoms with Crippen LogP contribution in [-0.2, 0) is 4.79 Å². The van der Waals surface area contributed by atoms with Gasteiger partial charge in [0.05, 0.1) is 16.1 Å². The molecular formula is C15H10BrNO4. The SMILES string of the molecule is O=C(O)/C(=C\c1c(Br)cccc1[N+](=O)[O-])c1ccccc1. The van der Waals surface area contributed by atoms with Crippen molar-refractivity contribution in [2.75, 3.05) is 0 Å². The molecule has 0 aromatic heterocycles. The number of nitro benzene ring substituents is 1. The molecule has 0 saturated carbocycles. The molecule has 0 saturated heterocycles. The van der Waals surface area contributed by atoms with Crippen molar-refractivity contribution >= 4 is 39.2 Å². The van der Waals surface area contributed by atoms with Gasteiger partial charge in [-0.05, 0) is 33.6 Å². The van der Waals surface area contributed by atoms with E-state index in [0.717, 1.165) is 0 Å². The summed E-state index contributed by atoms with van der Waals surface area (Å²) in [6.45, 7) is 0. The third-order valence-corrected chi connectivity index (χ3v) is 3.52. The highest BCUT2D eigenvalue weighted by atomic mass is 79.9. The summed E-state index contributed by atoms with van der Waals surface area (Å²) in [5.41, 5.74) is 0.545. The van der Waals surface area contributed by atoms with Crippen LogP contribution in [0, 0.1) is 10.1 Å². The summed E-state index contributed by atoms with van der Waals surface area (Å²) in [4.78, 5) is 22.0. The third kappa shape index (κ3) is 3.35. The molecule has 2 aromatic rings. The molecule has 2 rings (SSSR count). The Kier molecular flexibility index (Phi) is 4.49. The van der Waals surface area contributed by atoms with Gasteiger partial charge in [0, 0.05) is 10.5 Å². The Morgan fingerprint density at radius 3 is 2.38 bits per heavy atom. The van der Waals surface area contributed by atoms with Crippen molar-refractivity contribution in [1.82, 2.24) is 0 Å². The van der Waals surface area contributed by atoms with Gasteiger partial charge in [0.25, 0.3) is 5.69 Å². The first-order valence-corrected chi connectivity index (χ1v) is 6.73. The molecule has 0 fully saturated rings. The van der Waals surface area contributed by atoms with E-state index in [1.54, 1.807) is 36.4 Å². The van der Waals surface area contributed by atoms with E-state index in [1.165, 1.54) is 18.2 Å². The molecule has 0 radical (unpaired) electrons. The smallest absolute Gasteiger partial charge is 0.336 e. The minimum atomic E-state index is -1.15. The summed E-state index contributed by atoms with van der Waals surface area (Å²) in [5.74, 6) is -1.15. The molecule has 6 heteroatoms. The van der Waals surface area contributed by atoms with Crippen molar-refractivity contribution < 1.29 is 14.8 Å². The summed E-state index contributed by atoms with van der Waals surface area (Å²) < 4.78 is 0.464. The third-order valence-electron chi connectivity index (χ3n) is 2.83. The van der Waals surface area contributed by atoms with E-state index in [9.17, 15) is 20.0 Å². The number of aliphatic carboxylic acids is 1. The van der Waals surface area contributed by atoms with Gasteiger partial charge in [-0.3, -0.25) is 10.1 Å². The number of hydrogen-bond donors (Lipinski definition) is 1. The topological polar surface area (TPSA) is 80.4 Å². The summed E-state index contributed by atoms with van der Waals surface area (Å²) >= 11 is 3.22. The van der Waals surface area contributed by atoms with E-state index >= 15 is 0 Å². The van der Waals surface area contributed by atoms with Crippen molar-refractivity contribution in [2.24, 2.45) is 0 Å². The fourth-order valence-electron chi connectivity index (χ4n) is 1.86. The van der Waals surface area contributed by atoms with Crippen LogP contribution >= 0.6 is 15.9 Å². The maximum absolute atomic E-state index is 11.4. The highest BCUT2D eigenvalue weighted by Crippen LogP contribution is 2.31. The van der Waals surface area contributed by atoms with Gasteiger partial charge in [0.1, 0.15) is 0 Å². The van der Waals surface area contributed by atoms with Crippen molar-refractivity contribution in [3.05, 3.63) is 74.2 Å². The Balaban J connectivity index is 2.65. The predicted octanol–water partition coefficient (Wildman–Crippen LogP) is 3.98. The van der Waals surface area contributed by atoms with Crippen LogP contribution < -0.4 is 0 Å². The Labute approximate surface area is 128 Å². The second-order valence-electron chi connectivity index (χ2n) is 4.16. The van der Waals surface area contributed by atoms with Gasteiger partial charge >= 0.3 is 5.97 Å². The van der Waals surface area contributed by atoms with Crippen molar-refractivity contribution in [3.63, 3.8) is 0 Å². The molecule has 5 nitrogen and oxygen atoms in total. The molecule has 106 valence electrons. The van der Waals surface area contributed by atoms with Gasteiger partial charge < -0.3 is 5.11 Å². The second kappa shape index (κ2) is 6.32. The Morgan fingerprint density at radius 1 is 1.14 bits per heavy atom. The largest absolute Gasteiger partial charge is 0.478 e. The lowest BCUT2D eigenvalue weighted by molar-refractivity contribution is -0.385. The first-order valence-electron chi connectivity index (χ1n) is 5.94. The number of carboxylic acids is 1. The van der Waals surface area contributed by atoms with Crippen LogP contribution in [0.25, 0.3) is 11.6 Å². The summed E-state index contributed by atoms with van der Waals surface area (Å²) in [6, 6.07) is 13.0. The summed E-state index contributed by atoms with van der Waals surface area (Å²) in [6.07, 6.45) is 1.31. The number of benzene rings is 2. The zero-order valence-electron chi connectivity index (χ0n) is 10.7. The zero-order valence-corrected chi connectivity index (χ0v) is 12.3. The zero-order chi connectivity index (χ0) is 15.4. The van der Waals surface area contributed by atoms with E-state index in [2.05, 4.69) is 15.9 Å². The van der Waals surface area contributed by atoms with Crippen LogP contribution in [0.1, 0.15) is 11.1 Å². The molecule has 0 heterocycles. The minimum Gasteiger partial charge on any atom is -0.478 e. The average Bonchev–Trinajstić information content (AvgIpc) is 2.46. The summed E-state index contributed by atoms with van der Waals surface area (Å²) in [5, 5.41) is 20.4. The average molecular weight is 348 g/mol. The Morgan fingerprint density at radius 2 is 1.81 bits per heavy atom. The van der Waals surface area contributed by atoms with Gasteiger partial charge in [-0.15, -0.1) is 0 Å². The van der Waals surface area contributed by atoms with Crippen LogP contribution in [0.5, 0.6) is 0 Å². The molecule has 0 bridgehead atoms. The fraction of sp³-hybridized carbons (Fsp3) is 0. The van der Waals surface area contributed by atoms with Crippen LogP contribution in [-0.4, -0.2) is 16.0 Å². The van der Waals surface area contributed by atoms with Gasteiger partial charge in [0.15, 0.2) is 0 Å². The minimum absolute atomic E-state index is 0.00870. The van der Waals surface area contributed by atoms with E-state index in [4.69, 9.17) is 0 Å². The Hall–Kier alpha value is -2.47. The molecule has 0 aliphatic carbocycles. The molecule has 0 aliphatic rings. The molecule has 0 atom stereocenters. The number of nitro groups is 1. The fourth-order valence-corrected chi connectivity index (χ4v) is 2.33. The first-order chi connectivity index (χ1) is 10.0. The summed E-state index contributed by atoms with van der Waals surface area (Å²) in [7, 11) is 0. The van der Waals surface area contributed by atoms with Gasteiger partial charge in [-0.2, -0.15) is 0 Å². The molecule has 2 aromatic carbocycles. The van der Waals surface area contributed by atoms with Crippen molar-refractivity contribution in [3.8, 4) is 0 Å². The van der Waals surface area contributed by atoms with Gasteiger partial charge in [-0.1, -0.05) is 36.4 Å². The van der Waals surface area contributed by atoms with Crippen molar-refractivity contribution in [2.45, 2.75) is 0 Å². The number of nitrogens with zero attached hydrogens (tertiary/aromatic N) is 1. The van der Waals surface area contributed by atoms with Crippen LogP contribution in [0.15, 0.2) is 53.0 Å². The van der Waals surface area contributed by atoms with E-state index in [-0.39, 0.29) is 16.8 Å². The molecule has 0 amide bonds. The lowest BCUT2D eigenvalue weighted by Crippen LogP contribution is -2.00. The number of carboxylic acid groups (broad SMARTS) is 1. The number of carbonyl (C=O) groups is 1. The second-order valence-corrected chi connectivity index (χ2v) is 5.01. The highest BCUT2D eigenvalue weighted by Gasteiger charge is 2.18. The molecule has 0 aliphatic heterocycles. The van der Waals surface area contributed by atoms with Crippen LogP contribution in [0.4, 0.5) is 5.69 Å².